The fraction of sp³-hybridized carbons (Fsp3) is 0.375. The summed E-state index contributed by atoms with van der Waals surface area (Å²) in [6.07, 6.45) is -5.34. The Morgan fingerprint density at radius 1 is 1.03 bits per heavy atom. The molecule has 0 radical (unpaired) electrons. The lowest BCUT2D eigenvalue weighted by Crippen LogP contribution is -2.20. The van der Waals surface area contributed by atoms with Crippen molar-refractivity contribution in [3.8, 4) is 17.2 Å². The molecular weight excluding hydrogens is 497 g/mol. The number of aromatic nitrogens is 3. The number of hydrogen-bond acceptors (Lipinski definition) is 7. The van der Waals surface area contributed by atoms with Gasteiger partial charge in [-0.2, -0.15) is 0 Å². The highest BCUT2D eigenvalue weighted by Crippen LogP contribution is 2.32. The molecule has 194 valence electrons. The number of alkyl halides is 3. The molecular formula is C24H27F3N4O4S. The molecule has 0 fully saturated rings. The monoisotopic (exact) mass is 524 g/mol. The Morgan fingerprint density at radius 2 is 1.67 bits per heavy atom. The molecule has 0 bridgehead atoms. The number of nitrogens with zero attached hydrogens (tertiary/aromatic N) is 3. The Hall–Kier alpha value is -3.41. The third kappa shape index (κ3) is 7.54. The van der Waals surface area contributed by atoms with Crippen molar-refractivity contribution >= 4 is 23.4 Å². The van der Waals surface area contributed by atoms with Crippen LogP contribution in [0.5, 0.6) is 17.2 Å². The summed E-state index contributed by atoms with van der Waals surface area (Å²) < 4.78 is 55.2. The summed E-state index contributed by atoms with van der Waals surface area (Å²) in [6.45, 7) is 6.49. The van der Waals surface area contributed by atoms with Crippen molar-refractivity contribution in [3.63, 3.8) is 0 Å². The van der Waals surface area contributed by atoms with Crippen molar-refractivity contribution in [2.75, 3.05) is 18.2 Å². The van der Waals surface area contributed by atoms with E-state index in [-0.39, 0.29) is 17.4 Å². The minimum atomic E-state index is -4.87. The van der Waals surface area contributed by atoms with Crippen molar-refractivity contribution < 1.29 is 32.2 Å². The third-order valence-corrected chi connectivity index (χ3v) is 5.72. The van der Waals surface area contributed by atoms with Gasteiger partial charge in [-0.15, -0.1) is 23.4 Å². The molecule has 0 aliphatic rings. The van der Waals surface area contributed by atoms with E-state index in [0.29, 0.717) is 29.0 Å². The topological polar surface area (TPSA) is 87.5 Å². The van der Waals surface area contributed by atoms with E-state index in [1.165, 1.54) is 18.2 Å². The van der Waals surface area contributed by atoms with E-state index in [1.54, 1.807) is 19.2 Å². The highest BCUT2D eigenvalue weighted by Gasteiger charge is 2.32. The Morgan fingerprint density at radius 3 is 2.31 bits per heavy atom. The fourth-order valence-corrected chi connectivity index (χ4v) is 4.06. The predicted octanol–water partition coefficient (Wildman–Crippen LogP) is 5.71. The van der Waals surface area contributed by atoms with E-state index >= 15 is 0 Å². The van der Waals surface area contributed by atoms with Crippen LogP contribution in [0.15, 0.2) is 53.7 Å². The number of rotatable bonds is 11. The van der Waals surface area contributed by atoms with E-state index < -0.39 is 24.1 Å². The van der Waals surface area contributed by atoms with Gasteiger partial charge >= 0.3 is 6.36 Å². The molecule has 36 heavy (non-hydrogen) atoms. The second-order valence-corrected chi connectivity index (χ2v) is 9.08. The number of para-hydroxylation sites is 4. The van der Waals surface area contributed by atoms with Crippen LogP contribution in [0.25, 0.3) is 0 Å². The summed E-state index contributed by atoms with van der Waals surface area (Å²) in [5.74, 6) is 0.853. The van der Waals surface area contributed by atoms with Gasteiger partial charge in [-0.1, -0.05) is 49.9 Å². The largest absolute Gasteiger partial charge is 0.573 e. The number of benzene rings is 2. The van der Waals surface area contributed by atoms with Crippen LogP contribution in [0.1, 0.15) is 32.7 Å². The molecule has 0 saturated heterocycles. The molecule has 8 nitrogen and oxygen atoms in total. The Kier molecular flexibility index (Phi) is 9.08. The number of nitrogens with one attached hydrogen (secondary N) is 1. The summed E-state index contributed by atoms with van der Waals surface area (Å²) in [7, 11) is 1.56. The summed E-state index contributed by atoms with van der Waals surface area (Å²) in [5, 5.41) is 11.5. The fourth-order valence-electron chi connectivity index (χ4n) is 3.30. The molecule has 1 heterocycles. The first kappa shape index (κ1) is 27.2. The quantitative estimate of drug-likeness (QED) is 0.322. The van der Waals surface area contributed by atoms with Crippen molar-refractivity contribution in [1.29, 1.82) is 0 Å². The van der Waals surface area contributed by atoms with Crippen LogP contribution >= 0.6 is 11.8 Å². The predicted molar refractivity (Wildman–Crippen MR) is 129 cm³/mol. The van der Waals surface area contributed by atoms with Crippen molar-refractivity contribution in [2.45, 2.75) is 44.9 Å². The van der Waals surface area contributed by atoms with Crippen LogP contribution in [0.3, 0.4) is 0 Å². The third-order valence-electron chi connectivity index (χ3n) is 4.75. The zero-order valence-corrected chi connectivity index (χ0v) is 21.0. The molecule has 1 N–H and O–H groups in total. The van der Waals surface area contributed by atoms with Gasteiger partial charge in [-0.25, -0.2) is 0 Å². The van der Waals surface area contributed by atoms with Crippen LogP contribution in [0, 0.1) is 5.92 Å². The highest BCUT2D eigenvalue weighted by molar-refractivity contribution is 7.99. The molecule has 1 atom stereocenters. The minimum absolute atomic E-state index is 0.0800. The first-order chi connectivity index (χ1) is 17.1. The first-order valence-electron chi connectivity index (χ1n) is 11.1. The van der Waals surface area contributed by atoms with Gasteiger partial charge < -0.3 is 24.1 Å². The molecule has 2 aromatic carbocycles. The normalized spacial score (nSPS) is 12.3. The van der Waals surface area contributed by atoms with E-state index in [1.807, 2.05) is 37.5 Å². The summed E-state index contributed by atoms with van der Waals surface area (Å²) in [6, 6.07) is 12.6. The van der Waals surface area contributed by atoms with Crippen LogP contribution in [0.2, 0.25) is 0 Å². The lowest BCUT2D eigenvalue weighted by Gasteiger charge is -2.19. The molecule has 0 aliphatic carbocycles. The number of carbonyl (C=O) groups excluding carboxylic acids is 1. The van der Waals surface area contributed by atoms with Crippen molar-refractivity contribution in [3.05, 3.63) is 54.4 Å². The maximum absolute atomic E-state index is 12.7. The second-order valence-electron chi connectivity index (χ2n) is 8.14. The van der Waals surface area contributed by atoms with Crippen LogP contribution < -0.4 is 19.5 Å². The molecule has 0 aliphatic heterocycles. The van der Waals surface area contributed by atoms with Crippen LogP contribution in [-0.4, -0.2) is 39.9 Å². The number of anilines is 1. The average molecular weight is 525 g/mol. The van der Waals surface area contributed by atoms with Crippen molar-refractivity contribution in [2.24, 2.45) is 5.92 Å². The Labute approximate surface area is 211 Å². The van der Waals surface area contributed by atoms with E-state index in [2.05, 4.69) is 20.3 Å². The van der Waals surface area contributed by atoms with E-state index in [4.69, 9.17) is 9.47 Å². The molecule has 0 spiro atoms. The summed E-state index contributed by atoms with van der Waals surface area (Å²) in [5.41, 5.74) is -0.0800. The maximum Gasteiger partial charge on any atom is 0.573 e. The van der Waals surface area contributed by atoms with Crippen LogP contribution in [-0.2, 0) is 11.3 Å². The number of thioether (sulfide) groups is 1. The highest BCUT2D eigenvalue weighted by atomic mass is 32.2. The summed E-state index contributed by atoms with van der Waals surface area (Å²) >= 11 is 1.12. The number of carbonyl (C=O) groups is 1. The minimum Gasteiger partial charge on any atom is -0.493 e. The molecule has 0 saturated carbocycles. The lowest BCUT2D eigenvalue weighted by atomic mass is 10.2. The van der Waals surface area contributed by atoms with Gasteiger partial charge in [0.2, 0.25) is 5.91 Å². The van der Waals surface area contributed by atoms with Gasteiger partial charge in [0, 0.05) is 6.54 Å². The molecule has 1 amide bonds. The molecule has 3 aromatic rings. The Balaban J connectivity index is 1.72. The van der Waals surface area contributed by atoms with Gasteiger partial charge in [0.15, 0.2) is 34.3 Å². The van der Waals surface area contributed by atoms with Gasteiger partial charge in [-0.3, -0.25) is 4.79 Å². The van der Waals surface area contributed by atoms with Crippen LogP contribution in [0.4, 0.5) is 18.9 Å². The summed E-state index contributed by atoms with van der Waals surface area (Å²) in [4.78, 5) is 12.5. The number of methoxy groups -OCH3 is 1. The SMILES string of the molecule is COc1ccccc1OC(C)c1nnc(SCC(=O)Nc2ccccc2OC(F)(F)F)n1CC(C)C. The molecule has 1 aromatic heterocycles. The van der Waals surface area contributed by atoms with Gasteiger partial charge in [0.25, 0.3) is 0 Å². The lowest BCUT2D eigenvalue weighted by molar-refractivity contribution is -0.274. The van der Waals surface area contributed by atoms with Gasteiger partial charge in [-0.05, 0) is 37.1 Å². The number of hydrogen-bond donors (Lipinski definition) is 1. The smallest absolute Gasteiger partial charge is 0.493 e. The van der Waals surface area contributed by atoms with Crippen molar-refractivity contribution in [1.82, 2.24) is 14.8 Å². The second kappa shape index (κ2) is 12.0. The molecule has 1 unspecified atom stereocenters. The average Bonchev–Trinajstić information content (AvgIpc) is 3.20. The number of halogens is 3. The molecule has 12 heteroatoms. The first-order valence-corrected chi connectivity index (χ1v) is 12.1. The Bertz CT molecular complexity index is 1170. The van der Waals surface area contributed by atoms with E-state index in [0.717, 1.165) is 17.8 Å². The van der Waals surface area contributed by atoms with Gasteiger partial charge in [0.1, 0.15) is 0 Å². The standard InChI is InChI=1S/C24H27F3N4O4S/c1-15(2)13-31-22(16(3)34-20-12-8-7-11-19(20)33-4)29-30-23(31)36-14-21(32)28-17-9-5-6-10-18(17)35-24(25,26)27/h5-12,15-16H,13-14H2,1-4H3,(H,28,32). The van der Waals surface area contributed by atoms with E-state index in [9.17, 15) is 18.0 Å². The zero-order chi connectivity index (χ0) is 26.3. The van der Waals surface area contributed by atoms with Gasteiger partial charge in [0.05, 0.1) is 18.6 Å². The molecule has 3 rings (SSSR count). The maximum atomic E-state index is 12.7. The number of ether oxygens (including phenoxy) is 3. The zero-order valence-electron chi connectivity index (χ0n) is 20.2. The number of amides is 1.